The summed E-state index contributed by atoms with van der Waals surface area (Å²) in [5.74, 6) is -0.889. The van der Waals surface area contributed by atoms with Crippen molar-refractivity contribution in [2.75, 3.05) is 0 Å². The van der Waals surface area contributed by atoms with E-state index in [1.165, 1.54) is 0 Å². The first-order valence-electron chi connectivity index (χ1n) is 3.77. The molecule has 0 aliphatic heterocycles. The SMILES string of the molecule is C/C(=C\c1cccc(Br)c1)C(=O)O. The predicted molar refractivity (Wildman–Crippen MR) is 55.4 cm³/mol. The molecule has 0 saturated carbocycles. The van der Waals surface area contributed by atoms with Crippen LogP contribution in [-0.2, 0) is 4.79 Å². The molecule has 0 aliphatic rings. The monoisotopic (exact) mass is 240 g/mol. The molecule has 0 unspecified atom stereocenters. The Morgan fingerprint density at radius 1 is 1.54 bits per heavy atom. The molecule has 0 amide bonds. The fourth-order valence-corrected chi connectivity index (χ4v) is 1.33. The van der Waals surface area contributed by atoms with Gasteiger partial charge in [0.05, 0.1) is 0 Å². The molecule has 68 valence electrons. The van der Waals surface area contributed by atoms with Gasteiger partial charge in [0, 0.05) is 10.0 Å². The summed E-state index contributed by atoms with van der Waals surface area (Å²) >= 11 is 3.31. The number of hydrogen-bond acceptors (Lipinski definition) is 1. The Bertz CT molecular complexity index is 356. The Labute approximate surface area is 85.0 Å². The highest BCUT2D eigenvalue weighted by Crippen LogP contribution is 2.14. The average molecular weight is 241 g/mol. The fraction of sp³-hybridized carbons (Fsp3) is 0.100. The summed E-state index contributed by atoms with van der Waals surface area (Å²) in [5, 5.41) is 8.63. The Kier molecular flexibility index (Phi) is 3.25. The van der Waals surface area contributed by atoms with Crippen molar-refractivity contribution in [2.24, 2.45) is 0 Å². The fourth-order valence-electron chi connectivity index (χ4n) is 0.908. The summed E-state index contributed by atoms with van der Waals surface area (Å²) in [6, 6.07) is 7.49. The number of hydrogen-bond donors (Lipinski definition) is 1. The number of rotatable bonds is 2. The quantitative estimate of drug-likeness (QED) is 0.808. The molecule has 3 heteroatoms. The van der Waals surface area contributed by atoms with Crippen molar-refractivity contribution in [2.45, 2.75) is 6.92 Å². The number of benzene rings is 1. The normalized spacial score (nSPS) is 11.4. The highest BCUT2D eigenvalue weighted by atomic mass is 79.9. The molecule has 0 atom stereocenters. The molecular formula is C10H9BrO2. The van der Waals surface area contributed by atoms with Gasteiger partial charge in [0.15, 0.2) is 0 Å². The molecule has 1 aromatic carbocycles. The van der Waals surface area contributed by atoms with Gasteiger partial charge in [-0.2, -0.15) is 0 Å². The third-order valence-corrected chi connectivity index (χ3v) is 2.06. The number of aliphatic carboxylic acids is 1. The third-order valence-electron chi connectivity index (χ3n) is 1.57. The van der Waals surface area contributed by atoms with E-state index in [2.05, 4.69) is 15.9 Å². The molecule has 0 aliphatic carbocycles. The van der Waals surface area contributed by atoms with Gasteiger partial charge in [0.25, 0.3) is 0 Å². The van der Waals surface area contributed by atoms with Gasteiger partial charge in [0.1, 0.15) is 0 Å². The van der Waals surface area contributed by atoms with Crippen molar-refractivity contribution in [1.82, 2.24) is 0 Å². The van der Waals surface area contributed by atoms with Crippen molar-refractivity contribution in [3.8, 4) is 0 Å². The molecule has 13 heavy (non-hydrogen) atoms. The highest BCUT2D eigenvalue weighted by Gasteiger charge is 1.99. The molecule has 1 rings (SSSR count). The smallest absolute Gasteiger partial charge is 0.331 e. The second-order valence-corrected chi connectivity index (χ2v) is 3.60. The maximum absolute atomic E-state index is 10.5. The first-order valence-corrected chi connectivity index (χ1v) is 4.56. The zero-order valence-corrected chi connectivity index (χ0v) is 8.71. The lowest BCUT2D eigenvalue weighted by molar-refractivity contribution is -0.132. The molecule has 0 heterocycles. The van der Waals surface area contributed by atoms with Gasteiger partial charge in [-0.1, -0.05) is 28.1 Å². The van der Waals surface area contributed by atoms with E-state index >= 15 is 0 Å². The third kappa shape index (κ3) is 3.03. The van der Waals surface area contributed by atoms with E-state index in [0.717, 1.165) is 10.0 Å². The molecule has 2 nitrogen and oxygen atoms in total. The lowest BCUT2D eigenvalue weighted by Gasteiger charge is -1.96. The van der Waals surface area contributed by atoms with E-state index in [-0.39, 0.29) is 0 Å². The van der Waals surface area contributed by atoms with Crippen LogP contribution in [0.5, 0.6) is 0 Å². The number of carboxylic acids is 1. The van der Waals surface area contributed by atoms with Crippen molar-refractivity contribution in [1.29, 1.82) is 0 Å². The van der Waals surface area contributed by atoms with Crippen molar-refractivity contribution < 1.29 is 9.90 Å². The van der Waals surface area contributed by atoms with Crippen LogP contribution in [0.2, 0.25) is 0 Å². The van der Waals surface area contributed by atoms with E-state index in [1.54, 1.807) is 13.0 Å². The number of halogens is 1. The van der Waals surface area contributed by atoms with E-state index in [9.17, 15) is 4.79 Å². The Morgan fingerprint density at radius 3 is 2.77 bits per heavy atom. The van der Waals surface area contributed by atoms with E-state index in [4.69, 9.17) is 5.11 Å². The largest absolute Gasteiger partial charge is 0.478 e. The van der Waals surface area contributed by atoms with Crippen molar-refractivity contribution in [3.05, 3.63) is 39.9 Å². The summed E-state index contributed by atoms with van der Waals surface area (Å²) in [6.07, 6.45) is 1.63. The van der Waals surface area contributed by atoms with Gasteiger partial charge in [-0.15, -0.1) is 0 Å². The van der Waals surface area contributed by atoms with Crippen LogP contribution < -0.4 is 0 Å². The molecular weight excluding hydrogens is 232 g/mol. The first kappa shape index (κ1) is 9.99. The molecule has 0 radical (unpaired) electrons. The number of carbonyl (C=O) groups is 1. The second kappa shape index (κ2) is 4.23. The van der Waals surface area contributed by atoms with Gasteiger partial charge in [0.2, 0.25) is 0 Å². The lowest BCUT2D eigenvalue weighted by atomic mass is 10.1. The van der Waals surface area contributed by atoms with Crippen LogP contribution in [0.4, 0.5) is 0 Å². The van der Waals surface area contributed by atoms with Gasteiger partial charge < -0.3 is 5.11 Å². The van der Waals surface area contributed by atoms with Crippen LogP contribution in [0.15, 0.2) is 34.3 Å². The Morgan fingerprint density at radius 2 is 2.23 bits per heavy atom. The van der Waals surface area contributed by atoms with Crippen LogP contribution in [0.25, 0.3) is 6.08 Å². The lowest BCUT2D eigenvalue weighted by Crippen LogP contribution is -1.95. The van der Waals surface area contributed by atoms with E-state index < -0.39 is 5.97 Å². The van der Waals surface area contributed by atoms with Gasteiger partial charge >= 0.3 is 5.97 Å². The zero-order chi connectivity index (χ0) is 9.84. The molecule has 1 aromatic rings. The summed E-state index contributed by atoms with van der Waals surface area (Å²) in [7, 11) is 0. The first-order chi connectivity index (χ1) is 6.09. The minimum atomic E-state index is -0.889. The maximum atomic E-state index is 10.5. The van der Waals surface area contributed by atoms with Crippen molar-refractivity contribution in [3.63, 3.8) is 0 Å². The molecule has 0 aromatic heterocycles. The highest BCUT2D eigenvalue weighted by molar-refractivity contribution is 9.10. The van der Waals surface area contributed by atoms with E-state index in [0.29, 0.717) is 5.57 Å². The molecule has 0 bridgehead atoms. The molecule has 0 saturated heterocycles. The number of carboxylic acid groups (broad SMARTS) is 1. The van der Waals surface area contributed by atoms with Gasteiger partial charge in [-0.05, 0) is 30.7 Å². The van der Waals surface area contributed by atoms with E-state index in [1.807, 2.05) is 24.3 Å². The minimum absolute atomic E-state index is 0.332. The topological polar surface area (TPSA) is 37.3 Å². The molecule has 0 fully saturated rings. The van der Waals surface area contributed by atoms with Crippen LogP contribution in [0.3, 0.4) is 0 Å². The van der Waals surface area contributed by atoms with Crippen molar-refractivity contribution >= 4 is 28.0 Å². The minimum Gasteiger partial charge on any atom is -0.478 e. The van der Waals surface area contributed by atoms with Crippen LogP contribution in [0.1, 0.15) is 12.5 Å². The summed E-state index contributed by atoms with van der Waals surface area (Å²) in [5.41, 5.74) is 1.22. The Hall–Kier alpha value is -1.09. The predicted octanol–water partition coefficient (Wildman–Crippen LogP) is 2.94. The van der Waals surface area contributed by atoms with Crippen LogP contribution in [-0.4, -0.2) is 11.1 Å². The maximum Gasteiger partial charge on any atom is 0.331 e. The zero-order valence-electron chi connectivity index (χ0n) is 7.12. The Balaban J connectivity index is 2.97. The van der Waals surface area contributed by atoms with Crippen LogP contribution in [0, 0.1) is 0 Å². The van der Waals surface area contributed by atoms with Gasteiger partial charge in [-0.3, -0.25) is 0 Å². The molecule has 0 spiro atoms. The van der Waals surface area contributed by atoms with Crippen LogP contribution >= 0.6 is 15.9 Å². The summed E-state index contributed by atoms with van der Waals surface area (Å²) in [4.78, 5) is 10.5. The summed E-state index contributed by atoms with van der Waals surface area (Å²) < 4.78 is 0.944. The summed E-state index contributed by atoms with van der Waals surface area (Å²) in [6.45, 7) is 1.57. The average Bonchev–Trinajstić information content (AvgIpc) is 2.04. The van der Waals surface area contributed by atoms with Gasteiger partial charge in [-0.25, -0.2) is 4.79 Å². The second-order valence-electron chi connectivity index (χ2n) is 2.69. The standard InChI is InChI=1S/C10H9BrO2/c1-7(10(12)13)5-8-3-2-4-9(11)6-8/h2-6H,1H3,(H,12,13)/b7-5+. The molecule has 1 N–H and O–H groups in total.